The van der Waals surface area contributed by atoms with E-state index in [2.05, 4.69) is 15.3 Å². The summed E-state index contributed by atoms with van der Waals surface area (Å²) in [6.07, 6.45) is 5.86. The molecule has 2 fully saturated rings. The molecule has 2 aromatic rings. The van der Waals surface area contributed by atoms with Gasteiger partial charge in [0, 0.05) is 36.4 Å². The molecule has 1 saturated heterocycles. The summed E-state index contributed by atoms with van der Waals surface area (Å²) in [5.41, 5.74) is 3.45. The van der Waals surface area contributed by atoms with Gasteiger partial charge in [0.1, 0.15) is 0 Å². The molecule has 1 N–H and O–H groups in total. The average Bonchev–Trinajstić information content (AvgIpc) is 3.16. The van der Waals surface area contributed by atoms with Crippen LogP contribution in [0.2, 0.25) is 0 Å². The van der Waals surface area contributed by atoms with E-state index in [1.54, 1.807) is 0 Å². The quantitative estimate of drug-likeness (QED) is 0.600. The summed E-state index contributed by atoms with van der Waals surface area (Å²) < 4.78 is 12.7. The topological polar surface area (TPSA) is 85.7 Å². The van der Waals surface area contributed by atoms with Crippen molar-refractivity contribution in [1.82, 2.24) is 20.0 Å². The molecule has 0 spiro atoms. The zero-order chi connectivity index (χ0) is 24.0. The summed E-state index contributed by atoms with van der Waals surface area (Å²) in [7, 11) is 0. The van der Waals surface area contributed by atoms with E-state index in [1.165, 1.54) is 19.3 Å². The van der Waals surface area contributed by atoms with Crippen LogP contribution in [0.25, 0.3) is 5.69 Å². The highest BCUT2D eigenvalue weighted by molar-refractivity contribution is 5.81. The summed E-state index contributed by atoms with van der Waals surface area (Å²) in [5, 5.41) is 7.62. The number of rotatable bonds is 8. The number of para-hydroxylation sites is 1. The summed E-state index contributed by atoms with van der Waals surface area (Å²) in [6, 6.07) is 9.81. The molecule has 1 aliphatic carbocycles. The van der Waals surface area contributed by atoms with Crippen molar-refractivity contribution in [3.63, 3.8) is 0 Å². The maximum Gasteiger partial charge on any atom is 0.310 e. The predicted octanol–water partition coefficient (Wildman–Crippen LogP) is 2.73. The van der Waals surface area contributed by atoms with Crippen LogP contribution in [0.1, 0.15) is 49.1 Å². The molecule has 0 radical (unpaired) electrons. The van der Waals surface area contributed by atoms with Crippen LogP contribution in [0.15, 0.2) is 30.3 Å². The van der Waals surface area contributed by atoms with E-state index < -0.39 is 5.97 Å². The number of morpholine rings is 1. The lowest BCUT2D eigenvalue weighted by Crippen LogP contribution is -2.59. The fraction of sp³-hybridized carbons (Fsp3) is 0.577. The van der Waals surface area contributed by atoms with Gasteiger partial charge in [-0.2, -0.15) is 5.10 Å². The van der Waals surface area contributed by atoms with Crippen molar-refractivity contribution in [3.05, 3.63) is 47.3 Å². The van der Waals surface area contributed by atoms with Crippen molar-refractivity contribution in [1.29, 1.82) is 0 Å². The molecule has 0 bridgehead atoms. The number of carbonyl (C=O) groups excluding carboxylic acids is 2. The Morgan fingerprint density at radius 1 is 1.09 bits per heavy atom. The first-order valence-electron chi connectivity index (χ1n) is 12.3. The van der Waals surface area contributed by atoms with Gasteiger partial charge in [0.15, 0.2) is 6.61 Å². The Balaban J connectivity index is 1.29. The Kier molecular flexibility index (Phi) is 8.00. The lowest BCUT2D eigenvalue weighted by molar-refractivity contribution is -0.148. The minimum atomic E-state index is -0.422. The van der Waals surface area contributed by atoms with Crippen LogP contribution in [0.3, 0.4) is 0 Å². The molecule has 1 amide bonds. The number of amides is 1. The molecule has 0 unspecified atom stereocenters. The van der Waals surface area contributed by atoms with Crippen LogP contribution >= 0.6 is 0 Å². The van der Waals surface area contributed by atoms with Crippen LogP contribution < -0.4 is 5.32 Å². The molecule has 8 nitrogen and oxygen atoms in total. The zero-order valence-electron chi connectivity index (χ0n) is 20.3. The van der Waals surface area contributed by atoms with Crippen LogP contribution in [0.5, 0.6) is 0 Å². The van der Waals surface area contributed by atoms with E-state index >= 15 is 0 Å². The summed E-state index contributed by atoms with van der Waals surface area (Å²) in [6.45, 7) is 7.45. The highest BCUT2D eigenvalue weighted by atomic mass is 16.5. The van der Waals surface area contributed by atoms with Gasteiger partial charge in [-0.25, -0.2) is 4.68 Å². The second-order valence-electron chi connectivity index (χ2n) is 9.40. The molecular formula is C26H36N4O4. The Bertz CT molecular complexity index is 976. The molecule has 0 atom stereocenters. The summed E-state index contributed by atoms with van der Waals surface area (Å²) in [4.78, 5) is 27.5. The van der Waals surface area contributed by atoms with Gasteiger partial charge in [0.05, 0.1) is 31.0 Å². The Hall–Kier alpha value is -2.71. The van der Waals surface area contributed by atoms with Gasteiger partial charge in [-0.05, 0) is 38.8 Å². The number of benzene rings is 1. The summed E-state index contributed by atoms with van der Waals surface area (Å²) in [5.74, 6) is -0.672. The van der Waals surface area contributed by atoms with Crippen LogP contribution in [-0.2, 0) is 25.5 Å². The number of esters is 1. The van der Waals surface area contributed by atoms with Crippen LogP contribution in [0, 0.1) is 13.8 Å². The zero-order valence-corrected chi connectivity index (χ0v) is 20.3. The Morgan fingerprint density at radius 2 is 1.79 bits per heavy atom. The van der Waals surface area contributed by atoms with Crippen LogP contribution in [-0.4, -0.2) is 71.6 Å². The van der Waals surface area contributed by atoms with Gasteiger partial charge < -0.3 is 14.8 Å². The minimum Gasteiger partial charge on any atom is -0.455 e. The first-order chi connectivity index (χ1) is 16.5. The van der Waals surface area contributed by atoms with E-state index in [9.17, 15) is 9.59 Å². The van der Waals surface area contributed by atoms with Gasteiger partial charge in [-0.3, -0.25) is 14.5 Å². The summed E-state index contributed by atoms with van der Waals surface area (Å²) >= 11 is 0. The number of nitrogens with zero attached hydrogens (tertiary/aromatic N) is 3. The second-order valence-corrected chi connectivity index (χ2v) is 9.40. The largest absolute Gasteiger partial charge is 0.455 e. The highest BCUT2D eigenvalue weighted by Gasteiger charge is 2.38. The fourth-order valence-electron chi connectivity index (χ4n) is 5.26. The molecule has 8 heteroatoms. The molecule has 1 aliphatic heterocycles. The molecular weight excluding hydrogens is 432 g/mol. The molecule has 184 valence electrons. The standard InChI is InChI=1S/C26H36N4O4/c1-20-23(21(2)30(28-20)22-9-5-3-6-10-22)17-25(32)34-18-24(31)27-19-26(11-7-4-8-12-26)29-13-15-33-16-14-29/h3,5-6,9-10H,4,7-8,11-19H2,1-2H3,(H,27,31). The molecule has 2 aliphatic rings. The third kappa shape index (κ3) is 5.67. The third-order valence-corrected chi connectivity index (χ3v) is 7.21. The monoisotopic (exact) mass is 468 g/mol. The van der Waals surface area contributed by atoms with Crippen molar-refractivity contribution in [2.45, 2.75) is 57.9 Å². The van der Waals surface area contributed by atoms with Gasteiger partial charge in [0.2, 0.25) is 0 Å². The highest BCUT2D eigenvalue weighted by Crippen LogP contribution is 2.33. The number of nitrogens with one attached hydrogen (secondary N) is 1. The van der Waals surface area contributed by atoms with E-state index in [0.717, 1.165) is 61.8 Å². The maximum atomic E-state index is 12.5. The lowest BCUT2D eigenvalue weighted by atomic mass is 9.79. The second kappa shape index (κ2) is 11.1. The maximum absolute atomic E-state index is 12.5. The smallest absolute Gasteiger partial charge is 0.310 e. The van der Waals surface area contributed by atoms with Gasteiger partial charge >= 0.3 is 5.97 Å². The molecule has 34 heavy (non-hydrogen) atoms. The van der Waals surface area contributed by atoms with Gasteiger partial charge in [0.25, 0.3) is 5.91 Å². The fourth-order valence-corrected chi connectivity index (χ4v) is 5.26. The molecule has 1 saturated carbocycles. The van der Waals surface area contributed by atoms with E-state index in [1.807, 2.05) is 48.9 Å². The van der Waals surface area contributed by atoms with Crippen molar-refractivity contribution >= 4 is 11.9 Å². The molecule has 1 aromatic carbocycles. The number of aromatic nitrogens is 2. The number of carbonyl (C=O) groups is 2. The molecule has 2 heterocycles. The Morgan fingerprint density at radius 3 is 2.50 bits per heavy atom. The third-order valence-electron chi connectivity index (χ3n) is 7.21. The minimum absolute atomic E-state index is 0.0120. The first kappa shape index (κ1) is 24.4. The number of aryl methyl sites for hydroxylation is 1. The van der Waals surface area contributed by atoms with Gasteiger partial charge in [-0.15, -0.1) is 0 Å². The SMILES string of the molecule is Cc1nn(-c2ccccc2)c(C)c1CC(=O)OCC(=O)NCC1(N2CCOCC2)CCCCC1. The Labute approximate surface area is 201 Å². The lowest BCUT2D eigenvalue weighted by Gasteiger charge is -2.48. The average molecular weight is 469 g/mol. The van der Waals surface area contributed by atoms with E-state index in [-0.39, 0.29) is 24.5 Å². The first-order valence-corrected chi connectivity index (χ1v) is 12.3. The predicted molar refractivity (Wildman–Crippen MR) is 129 cm³/mol. The van der Waals surface area contributed by atoms with Crippen LogP contribution in [0.4, 0.5) is 0 Å². The molecule has 4 rings (SSSR count). The van der Waals surface area contributed by atoms with Crippen molar-refractivity contribution in [3.8, 4) is 5.69 Å². The van der Waals surface area contributed by atoms with Crippen molar-refractivity contribution in [2.75, 3.05) is 39.5 Å². The normalized spacial score (nSPS) is 18.4. The van der Waals surface area contributed by atoms with Crippen molar-refractivity contribution < 1.29 is 19.1 Å². The number of ether oxygens (including phenoxy) is 2. The van der Waals surface area contributed by atoms with Crippen molar-refractivity contribution in [2.24, 2.45) is 0 Å². The van der Waals surface area contributed by atoms with E-state index in [0.29, 0.717) is 6.54 Å². The van der Waals surface area contributed by atoms with Gasteiger partial charge in [-0.1, -0.05) is 37.5 Å². The number of hydrogen-bond acceptors (Lipinski definition) is 6. The number of hydrogen-bond donors (Lipinski definition) is 1. The molecule has 1 aromatic heterocycles. The van der Waals surface area contributed by atoms with E-state index in [4.69, 9.17) is 9.47 Å².